The van der Waals surface area contributed by atoms with E-state index in [9.17, 15) is 15.3 Å². The Morgan fingerprint density at radius 3 is 1.39 bits per heavy atom. The van der Waals surface area contributed by atoms with Gasteiger partial charge in [-0.05, 0) is 94.3 Å². The summed E-state index contributed by atoms with van der Waals surface area (Å²) in [6, 6.07) is 23.6. The fraction of sp³-hybridized carbons (Fsp3) is 0.286. The van der Waals surface area contributed by atoms with Gasteiger partial charge in [-0.2, -0.15) is 20.4 Å². The first-order valence-corrected chi connectivity index (χ1v) is 30.5. The molecule has 12 aromatic rings. The van der Waals surface area contributed by atoms with Crippen LogP contribution in [0.15, 0.2) is 104 Å². The van der Waals surface area contributed by atoms with Gasteiger partial charge >= 0.3 is 0 Å². The second-order valence-corrected chi connectivity index (χ2v) is 24.6. The lowest BCUT2D eigenvalue weighted by Gasteiger charge is -2.14. The molecule has 0 aliphatic heterocycles. The summed E-state index contributed by atoms with van der Waals surface area (Å²) < 4.78 is 6.03. The summed E-state index contributed by atoms with van der Waals surface area (Å²) in [5, 5.41) is 77.2. The number of aliphatic hydroxyl groups excluding tert-OH is 4. The molecule has 0 spiro atoms. The van der Waals surface area contributed by atoms with Crippen LogP contribution in [0.5, 0.6) is 0 Å². The highest BCUT2D eigenvalue weighted by atomic mass is 32.1. The van der Waals surface area contributed by atoms with E-state index in [1.165, 1.54) is 0 Å². The Kier molecular flexibility index (Phi) is 17.7. The number of nitrogens with one attached hydrogen (secondary N) is 7. The van der Waals surface area contributed by atoms with Gasteiger partial charge in [-0.1, -0.05) is 0 Å². The zero-order valence-corrected chi connectivity index (χ0v) is 48.8. The molecule has 0 unspecified atom stereocenters. The summed E-state index contributed by atoms with van der Waals surface area (Å²) in [4.78, 5) is 20.8. The molecule has 12 aromatic heterocycles. The highest BCUT2D eigenvalue weighted by molar-refractivity contribution is 7.23. The molecule has 0 radical (unpaired) electrons. The number of nitrogens with zero attached hydrogens (tertiary/aromatic N) is 9. The third kappa shape index (κ3) is 13.8. The number of hydrogen-bond donors (Lipinski definition) is 15. The average molecular weight is 1210 g/mol. The largest absolute Gasteiger partial charge is 0.396 e. The van der Waals surface area contributed by atoms with Crippen molar-refractivity contribution >= 4 is 132 Å². The van der Waals surface area contributed by atoms with Crippen molar-refractivity contribution < 1.29 is 20.4 Å². The quantitative estimate of drug-likeness (QED) is 0.0425. The van der Waals surface area contributed by atoms with Gasteiger partial charge in [0.15, 0.2) is 0 Å². The lowest BCUT2D eigenvalue weighted by Crippen LogP contribution is -2.16. The molecule has 0 bridgehead atoms. The zero-order chi connectivity index (χ0) is 58.3. The molecule has 0 aromatic carbocycles. The molecule has 2 saturated carbocycles. The second kappa shape index (κ2) is 26.0. The van der Waals surface area contributed by atoms with Crippen molar-refractivity contribution in [2.45, 2.75) is 82.3 Å². The Bertz CT molecular complexity index is 3930. The lowest BCUT2D eigenvalue weighted by atomic mass is 10.2. The molecule has 14 rings (SSSR count). The molecular formula is C56H64N20O4S4. The van der Waals surface area contributed by atoms with Crippen molar-refractivity contribution in [3.05, 3.63) is 104 Å². The minimum absolute atomic E-state index is 0.166. The van der Waals surface area contributed by atoms with E-state index in [1.54, 1.807) is 87.8 Å². The molecule has 2 aliphatic rings. The first-order valence-electron chi connectivity index (χ1n) is 27.2. The van der Waals surface area contributed by atoms with Gasteiger partial charge in [0.2, 0.25) is 0 Å². The summed E-state index contributed by atoms with van der Waals surface area (Å²) >= 11 is 6.53. The smallest absolute Gasteiger partial charge is 0.126 e. The average Bonchev–Trinajstić information content (AvgIpc) is 3.83. The summed E-state index contributed by atoms with van der Waals surface area (Å²) in [5.74, 6) is 1.94. The van der Waals surface area contributed by atoms with E-state index in [1.807, 2.05) is 72.9 Å². The molecule has 84 heavy (non-hydrogen) atoms. The Balaban J connectivity index is 0.000000117. The normalized spacial score (nSPS) is 16.9. The van der Waals surface area contributed by atoms with Crippen LogP contribution >= 0.6 is 45.3 Å². The topological polar surface area (TPSA) is 389 Å². The van der Waals surface area contributed by atoms with Crippen LogP contribution in [0.25, 0.3) is 77.6 Å². The number of aliphatic hydroxyl groups is 4. The maximum Gasteiger partial charge on any atom is 0.126 e. The van der Waals surface area contributed by atoms with Gasteiger partial charge in [0.05, 0.1) is 114 Å². The lowest BCUT2D eigenvalue weighted by molar-refractivity contribution is 0.181. The number of pyridine rings is 4. The van der Waals surface area contributed by atoms with Crippen molar-refractivity contribution in [2.75, 3.05) is 63.9 Å². The van der Waals surface area contributed by atoms with Crippen molar-refractivity contribution in [3.63, 3.8) is 0 Å². The molecule has 24 nitrogen and oxygen atoms in total. The first-order chi connectivity index (χ1) is 40.8. The predicted molar refractivity (Wildman–Crippen MR) is 341 cm³/mol. The zero-order valence-electron chi connectivity index (χ0n) is 45.5. The molecular weight excluding hydrogens is 1150 g/mol. The van der Waals surface area contributed by atoms with E-state index in [0.717, 1.165) is 139 Å². The molecule has 12 heterocycles. The number of nitrogen functional groups attached to an aromatic ring is 4. The van der Waals surface area contributed by atoms with Crippen molar-refractivity contribution in [1.82, 2.24) is 60.3 Å². The van der Waals surface area contributed by atoms with Gasteiger partial charge in [-0.3, -0.25) is 15.3 Å². The number of rotatable bonds is 15. The number of anilines is 8. The molecule has 0 amide bonds. The Hall–Kier alpha value is -8.48. The molecule has 2 aliphatic carbocycles. The second-order valence-electron chi connectivity index (χ2n) is 20.4. The third-order valence-electron chi connectivity index (χ3n) is 13.8. The van der Waals surface area contributed by atoms with E-state index < -0.39 is 6.10 Å². The number of hydrogen-bond acceptors (Lipinski definition) is 24. The number of aromatic nitrogens is 12. The van der Waals surface area contributed by atoms with Crippen LogP contribution in [0.3, 0.4) is 0 Å². The van der Waals surface area contributed by atoms with E-state index in [0.29, 0.717) is 42.8 Å². The van der Waals surface area contributed by atoms with Crippen molar-refractivity contribution in [1.29, 1.82) is 0 Å². The number of aromatic amines is 3. The predicted octanol–water partition coefficient (Wildman–Crippen LogP) is 9.11. The van der Waals surface area contributed by atoms with Crippen LogP contribution < -0.4 is 44.2 Å². The van der Waals surface area contributed by atoms with Crippen LogP contribution in [0.4, 0.5) is 46.0 Å². The monoisotopic (exact) mass is 1210 g/mol. The Morgan fingerprint density at radius 1 is 0.571 bits per heavy atom. The highest BCUT2D eigenvalue weighted by Crippen LogP contribution is 2.41. The van der Waals surface area contributed by atoms with Crippen molar-refractivity contribution in [3.8, 4) is 36.7 Å². The van der Waals surface area contributed by atoms with Crippen LogP contribution in [-0.2, 0) is 0 Å². The minimum Gasteiger partial charge on any atom is -0.396 e. The highest BCUT2D eigenvalue weighted by Gasteiger charge is 2.25. The van der Waals surface area contributed by atoms with Crippen LogP contribution in [0.2, 0.25) is 0 Å². The van der Waals surface area contributed by atoms with Crippen LogP contribution in [-0.4, -0.2) is 131 Å². The Morgan fingerprint density at radius 2 is 1.00 bits per heavy atom. The van der Waals surface area contributed by atoms with Crippen molar-refractivity contribution in [2.24, 2.45) is 0 Å². The van der Waals surface area contributed by atoms with Gasteiger partial charge < -0.3 is 64.6 Å². The van der Waals surface area contributed by atoms with Gasteiger partial charge in [0.25, 0.3) is 0 Å². The number of H-pyrrole nitrogens is 3. The van der Waals surface area contributed by atoms with E-state index in [2.05, 4.69) is 76.9 Å². The Labute approximate surface area is 496 Å². The van der Waals surface area contributed by atoms with E-state index in [-0.39, 0.29) is 30.9 Å². The molecule has 28 heteroatoms. The first kappa shape index (κ1) is 57.3. The summed E-state index contributed by atoms with van der Waals surface area (Å²) in [5.41, 5.74) is 33.7. The minimum atomic E-state index is -0.425. The number of nitrogens with two attached hydrogens (primary N) is 4. The summed E-state index contributed by atoms with van der Waals surface area (Å²) in [6.07, 6.45) is 13.9. The maximum atomic E-state index is 9.69. The SMILES string of the molecule is C[C@H](O)CNc1cc(N)nc2cc(-c3ccn[nH]3)sc12.Nc1cc(NCCCO)c2sc(-n3cccn3)cc2n1.Nc1cc(N[C@@H]2CC[C@@H](O)C2)c2sc(-c3ccn[nH]3)cc2n1.Nc1cc(N[C@@H]2CC[C@H](O)C2)c2sc(-c3ccn[nH]3)cc2n1. The molecule has 5 atom stereocenters. The van der Waals surface area contributed by atoms with Crippen LogP contribution in [0, 0.1) is 0 Å². The summed E-state index contributed by atoms with van der Waals surface area (Å²) in [6.45, 7) is 3.07. The fourth-order valence-electron chi connectivity index (χ4n) is 9.90. The summed E-state index contributed by atoms with van der Waals surface area (Å²) in [7, 11) is 0. The van der Waals surface area contributed by atoms with E-state index >= 15 is 0 Å². The van der Waals surface area contributed by atoms with Gasteiger partial charge in [-0.25, -0.2) is 24.6 Å². The molecule has 2 fully saturated rings. The van der Waals surface area contributed by atoms with Gasteiger partial charge in [0, 0.05) is 93.1 Å². The molecule has 0 saturated heterocycles. The standard InChI is InChI=1S/2C15H17N5OS.2C13H15N5OS/c2*16-14-7-12(18-8-1-2-9(21)5-8)15-11(19-14)6-13(22-15)10-3-4-17-20-10;1-7(19)6-15-9-5-12(14)17-10-4-11(20-13(9)10)8-2-3-16-18-8;14-11-7-9(15-3-2-6-19)13-10(17-11)8-12(20-13)18-5-1-4-16-18/h2*3-4,6-9,21H,1-2,5H2,(H,17,20)(H3,16,18,19);2-5,7,19H,6H2,1H3,(H,16,18)(H3,14,15,17);1,4-5,7-8,19H,2-3,6H2,(H3,14,15,17)/t8-,9+;8-,9-;7-;/m110./s1. The van der Waals surface area contributed by atoms with E-state index in [4.69, 9.17) is 28.0 Å². The van der Waals surface area contributed by atoms with Gasteiger partial charge in [0.1, 0.15) is 28.3 Å². The maximum absolute atomic E-state index is 9.69. The van der Waals surface area contributed by atoms with Gasteiger partial charge in [-0.15, -0.1) is 45.3 Å². The number of fused-ring (bicyclic) bond motifs is 4. The van der Waals surface area contributed by atoms with Crippen LogP contribution in [0.1, 0.15) is 51.9 Å². The fourth-order valence-corrected chi connectivity index (χ4v) is 14.1. The molecule has 436 valence electrons. The molecule has 19 N–H and O–H groups in total. The third-order valence-corrected chi connectivity index (χ3v) is 18.5. The number of thiophene rings is 4.